The third kappa shape index (κ3) is 3.45. The monoisotopic (exact) mass is 360 g/mol. The highest BCUT2D eigenvalue weighted by Gasteiger charge is 2.13. The summed E-state index contributed by atoms with van der Waals surface area (Å²) in [7, 11) is 0. The van der Waals surface area contributed by atoms with Crippen LogP contribution >= 0.6 is 23.2 Å². The summed E-state index contributed by atoms with van der Waals surface area (Å²) < 4.78 is 5.92. The van der Waals surface area contributed by atoms with Gasteiger partial charge in [-0.3, -0.25) is 9.78 Å². The molecule has 0 bridgehead atoms. The number of ether oxygens (including phenoxy) is 1. The van der Waals surface area contributed by atoms with E-state index in [0.717, 1.165) is 10.8 Å². The molecule has 122 valence electrons. The first-order chi connectivity index (χ1) is 11.6. The molecule has 1 aromatic heterocycles. The van der Waals surface area contributed by atoms with Crippen LogP contribution in [-0.2, 0) is 11.4 Å². The van der Waals surface area contributed by atoms with E-state index in [0.29, 0.717) is 27.0 Å². The maximum atomic E-state index is 11.2. The van der Waals surface area contributed by atoms with Crippen LogP contribution in [0.15, 0.2) is 48.8 Å². The van der Waals surface area contributed by atoms with Gasteiger partial charge in [-0.2, -0.15) is 0 Å². The van der Waals surface area contributed by atoms with Crippen molar-refractivity contribution < 1.29 is 9.53 Å². The average molecular weight is 361 g/mol. The van der Waals surface area contributed by atoms with E-state index in [1.54, 1.807) is 24.5 Å². The van der Waals surface area contributed by atoms with Crippen LogP contribution in [0.4, 0.5) is 5.69 Å². The average Bonchev–Trinajstić information content (AvgIpc) is 2.57. The number of carbonyl (C=O) groups excluding carboxylic acids is 1. The first-order valence-corrected chi connectivity index (χ1v) is 8.02. The van der Waals surface area contributed by atoms with Gasteiger partial charge in [0.1, 0.15) is 12.4 Å². The van der Waals surface area contributed by atoms with E-state index < -0.39 is 0 Å². The highest BCUT2D eigenvalue weighted by Crippen LogP contribution is 2.33. The smallest absolute Gasteiger partial charge is 0.221 e. The predicted molar refractivity (Wildman–Crippen MR) is 96.8 cm³/mol. The van der Waals surface area contributed by atoms with Gasteiger partial charge in [-0.1, -0.05) is 35.3 Å². The van der Waals surface area contributed by atoms with Crippen LogP contribution < -0.4 is 10.1 Å². The zero-order chi connectivity index (χ0) is 17.1. The Bertz CT molecular complexity index is 907. The molecule has 6 heteroatoms. The second-order valence-electron chi connectivity index (χ2n) is 5.21. The zero-order valence-electron chi connectivity index (χ0n) is 12.8. The molecule has 0 saturated heterocycles. The van der Waals surface area contributed by atoms with Crippen molar-refractivity contribution >= 4 is 45.6 Å². The molecule has 3 aromatic rings. The number of rotatable bonds is 4. The number of halogens is 2. The van der Waals surface area contributed by atoms with Crippen molar-refractivity contribution in [3.63, 3.8) is 0 Å². The molecule has 0 radical (unpaired) electrons. The molecule has 0 aliphatic heterocycles. The lowest BCUT2D eigenvalue weighted by molar-refractivity contribution is -0.114. The summed E-state index contributed by atoms with van der Waals surface area (Å²) >= 11 is 12.6. The molecule has 0 fully saturated rings. The molecule has 0 atom stereocenters. The third-order valence-electron chi connectivity index (χ3n) is 3.51. The molecule has 0 saturated carbocycles. The Labute approximate surface area is 149 Å². The van der Waals surface area contributed by atoms with E-state index in [1.165, 1.54) is 6.92 Å². The van der Waals surface area contributed by atoms with Crippen LogP contribution in [0.5, 0.6) is 5.75 Å². The Morgan fingerprint density at radius 3 is 2.83 bits per heavy atom. The van der Waals surface area contributed by atoms with Crippen molar-refractivity contribution in [2.45, 2.75) is 13.5 Å². The van der Waals surface area contributed by atoms with Gasteiger partial charge >= 0.3 is 0 Å². The fraction of sp³-hybridized carbons (Fsp3) is 0.111. The minimum absolute atomic E-state index is 0.187. The van der Waals surface area contributed by atoms with Gasteiger partial charge in [-0.15, -0.1) is 0 Å². The number of nitrogens with one attached hydrogen (secondary N) is 1. The molecule has 24 heavy (non-hydrogen) atoms. The van der Waals surface area contributed by atoms with E-state index in [-0.39, 0.29) is 12.5 Å². The lowest BCUT2D eigenvalue weighted by Crippen LogP contribution is -2.08. The minimum Gasteiger partial charge on any atom is -0.488 e. The summed E-state index contributed by atoms with van der Waals surface area (Å²) in [6.45, 7) is 1.61. The standard InChI is InChI=1S/C18H14Cl2N2O2/c1-11(23)22-16-6-5-15(19)14(18(16)20)10-24-17-4-2-3-12-9-21-8-7-13(12)17/h2-9H,10H2,1H3,(H,22,23). The second kappa shape index (κ2) is 7.07. The van der Waals surface area contributed by atoms with Crippen molar-refractivity contribution in [1.82, 2.24) is 4.98 Å². The van der Waals surface area contributed by atoms with Gasteiger partial charge < -0.3 is 10.1 Å². The minimum atomic E-state index is -0.201. The van der Waals surface area contributed by atoms with Crippen molar-refractivity contribution in [3.05, 3.63) is 64.4 Å². The van der Waals surface area contributed by atoms with Gasteiger partial charge in [0.25, 0.3) is 0 Å². The summed E-state index contributed by atoms with van der Waals surface area (Å²) in [5, 5.41) is 5.47. The maximum absolute atomic E-state index is 11.2. The zero-order valence-corrected chi connectivity index (χ0v) is 14.4. The number of benzene rings is 2. The lowest BCUT2D eigenvalue weighted by Gasteiger charge is -2.14. The number of aromatic nitrogens is 1. The molecule has 1 heterocycles. The highest BCUT2D eigenvalue weighted by atomic mass is 35.5. The van der Waals surface area contributed by atoms with Gasteiger partial charge in [0, 0.05) is 40.7 Å². The van der Waals surface area contributed by atoms with Gasteiger partial charge in [0.15, 0.2) is 0 Å². The van der Waals surface area contributed by atoms with Crippen LogP contribution in [0, 0.1) is 0 Å². The number of fused-ring (bicyclic) bond motifs is 1. The number of nitrogens with zero attached hydrogens (tertiary/aromatic N) is 1. The normalized spacial score (nSPS) is 10.6. The molecule has 0 spiro atoms. The van der Waals surface area contributed by atoms with Crippen molar-refractivity contribution in [3.8, 4) is 5.75 Å². The van der Waals surface area contributed by atoms with Crippen LogP contribution in [0.1, 0.15) is 12.5 Å². The summed E-state index contributed by atoms with van der Waals surface area (Å²) in [5.41, 5.74) is 1.13. The van der Waals surface area contributed by atoms with Crippen molar-refractivity contribution in [2.24, 2.45) is 0 Å². The van der Waals surface area contributed by atoms with E-state index in [1.807, 2.05) is 24.3 Å². The van der Waals surface area contributed by atoms with E-state index in [2.05, 4.69) is 10.3 Å². The SMILES string of the molecule is CC(=O)Nc1ccc(Cl)c(COc2cccc3cnccc23)c1Cl. The second-order valence-corrected chi connectivity index (χ2v) is 6.00. The fourth-order valence-electron chi connectivity index (χ4n) is 2.38. The number of hydrogen-bond donors (Lipinski definition) is 1. The van der Waals surface area contributed by atoms with Crippen molar-refractivity contribution in [1.29, 1.82) is 0 Å². The largest absolute Gasteiger partial charge is 0.488 e. The van der Waals surface area contributed by atoms with Gasteiger partial charge in [0.05, 0.1) is 10.7 Å². The van der Waals surface area contributed by atoms with E-state index in [9.17, 15) is 4.79 Å². The third-order valence-corrected chi connectivity index (χ3v) is 4.30. The quantitative estimate of drug-likeness (QED) is 0.705. The molecule has 0 aliphatic carbocycles. The highest BCUT2D eigenvalue weighted by molar-refractivity contribution is 6.38. The first kappa shape index (κ1) is 16.6. The van der Waals surface area contributed by atoms with Gasteiger partial charge in [0.2, 0.25) is 5.91 Å². The summed E-state index contributed by atoms with van der Waals surface area (Å²) in [5.74, 6) is 0.514. The summed E-state index contributed by atoms with van der Waals surface area (Å²) in [6, 6.07) is 11.0. The molecule has 4 nitrogen and oxygen atoms in total. The summed E-state index contributed by atoms with van der Waals surface area (Å²) in [6.07, 6.45) is 3.49. The Morgan fingerprint density at radius 2 is 2.04 bits per heavy atom. The van der Waals surface area contributed by atoms with Gasteiger partial charge in [-0.05, 0) is 24.3 Å². The molecular formula is C18H14Cl2N2O2. The molecule has 3 rings (SSSR count). The van der Waals surface area contributed by atoms with Gasteiger partial charge in [-0.25, -0.2) is 0 Å². The number of hydrogen-bond acceptors (Lipinski definition) is 3. The molecule has 0 unspecified atom stereocenters. The number of amides is 1. The Balaban J connectivity index is 1.90. The van der Waals surface area contributed by atoms with E-state index >= 15 is 0 Å². The molecule has 0 aliphatic rings. The number of pyridine rings is 1. The first-order valence-electron chi connectivity index (χ1n) is 7.26. The van der Waals surface area contributed by atoms with Crippen LogP contribution in [0.25, 0.3) is 10.8 Å². The number of anilines is 1. The molecule has 1 amide bonds. The van der Waals surface area contributed by atoms with Crippen LogP contribution in [-0.4, -0.2) is 10.9 Å². The van der Waals surface area contributed by atoms with Crippen LogP contribution in [0.3, 0.4) is 0 Å². The molecule has 1 N–H and O–H groups in total. The Morgan fingerprint density at radius 1 is 1.21 bits per heavy atom. The van der Waals surface area contributed by atoms with Crippen LogP contribution in [0.2, 0.25) is 10.0 Å². The Kier molecular flexibility index (Phi) is 4.88. The summed E-state index contributed by atoms with van der Waals surface area (Å²) in [4.78, 5) is 15.3. The maximum Gasteiger partial charge on any atom is 0.221 e. The lowest BCUT2D eigenvalue weighted by atomic mass is 10.1. The van der Waals surface area contributed by atoms with Crippen molar-refractivity contribution in [2.75, 3.05) is 5.32 Å². The fourth-order valence-corrected chi connectivity index (χ4v) is 2.91. The molecular weight excluding hydrogens is 347 g/mol. The Hall–Kier alpha value is -2.30. The number of carbonyl (C=O) groups is 1. The topological polar surface area (TPSA) is 51.2 Å². The molecule has 2 aromatic carbocycles. The van der Waals surface area contributed by atoms with E-state index in [4.69, 9.17) is 27.9 Å². The predicted octanol–water partition coefficient (Wildman–Crippen LogP) is 5.08.